The summed E-state index contributed by atoms with van der Waals surface area (Å²) in [7, 11) is 0. The number of amides is 1. The van der Waals surface area contributed by atoms with Crippen LogP contribution < -0.4 is 5.32 Å². The van der Waals surface area contributed by atoms with Gasteiger partial charge in [0.2, 0.25) is 0 Å². The molecule has 4 nitrogen and oxygen atoms in total. The number of aromatic hydroxyl groups is 1. The minimum absolute atomic E-state index is 0.121. The first kappa shape index (κ1) is 12.6. The summed E-state index contributed by atoms with van der Waals surface area (Å²) < 4.78 is 1.02. The number of carbonyl (C=O) groups excluding carboxylic acids is 1. The molecule has 0 atom stereocenters. The van der Waals surface area contributed by atoms with Crippen LogP contribution >= 0.6 is 11.3 Å². The first-order chi connectivity index (χ1) is 9.63. The molecule has 1 aromatic heterocycles. The van der Waals surface area contributed by atoms with Gasteiger partial charge in [0.1, 0.15) is 5.75 Å². The molecule has 20 heavy (non-hydrogen) atoms. The van der Waals surface area contributed by atoms with Crippen LogP contribution in [-0.4, -0.2) is 16.0 Å². The van der Waals surface area contributed by atoms with Crippen LogP contribution in [0.5, 0.6) is 5.75 Å². The van der Waals surface area contributed by atoms with Crippen molar-refractivity contribution in [2.45, 2.75) is 6.92 Å². The minimum atomic E-state index is -0.246. The average molecular weight is 284 g/mol. The number of benzene rings is 2. The van der Waals surface area contributed by atoms with E-state index in [1.54, 1.807) is 24.6 Å². The summed E-state index contributed by atoms with van der Waals surface area (Å²) in [6.45, 7) is 1.79. The Kier molecular flexibility index (Phi) is 3.12. The highest BCUT2D eigenvalue weighted by molar-refractivity contribution is 7.16. The summed E-state index contributed by atoms with van der Waals surface area (Å²) in [5.41, 5.74) is 4.58. The first-order valence-corrected chi connectivity index (χ1v) is 6.96. The molecule has 3 rings (SSSR count). The van der Waals surface area contributed by atoms with Gasteiger partial charge in [-0.3, -0.25) is 4.79 Å². The molecule has 0 aliphatic rings. The lowest BCUT2D eigenvalue weighted by molar-refractivity contribution is 0.102. The Labute approximate surface area is 119 Å². The van der Waals surface area contributed by atoms with E-state index in [-0.39, 0.29) is 11.7 Å². The second-order valence-electron chi connectivity index (χ2n) is 4.49. The molecule has 2 aromatic carbocycles. The van der Waals surface area contributed by atoms with Crippen molar-refractivity contribution >= 4 is 33.1 Å². The monoisotopic (exact) mass is 284 g/mol. The Morgan fingerprint density at radius 3 is 2.90 bits per heavy atom. The van der Waals surface area contributed by atoms with Crippen LogP contribution in [0.2, 0.25) is 0 Å². The summed E-state index contributed by atoms with van der Waals surface area (Å²) in [5.74, 6) is -0.125. The normalized spacial score (nSPS) is 10.7. The van der Waals surface area contributed by atoms with Crippen LogP contribution in [-0.2, 0) is 0 Å². The standard InChI is InChI=1S/C15H12N2O2S/c1-9-2-3-10(6-13(9)18)15(19)17-11-4-5-12-14(7-11)20-8-16-12/h2-8,18H,1H3,(H,17,19). The smallest absolute Gasteiger partial charge is 0.255 e. The number of anilines is 1. The molecule has 1 amide bonds. The number of phenols is 1. The average Bonchev–Trinajstić information content (AvgIpc) is 2.89. The SMILES string of the molecule is Cc1ccc(C(=O)Nc2ccc3ncsc3c2)cc1O. The summed E-state index contributed by atoms with van der Waals surface area (Å²) in [4.78, 5) is 16.3. The van der Waals surface area contributed by atoms with Gasteiger partial charge < -0.3 is 10.4 Å². The molecule has 1 heterocycles. The third-order valence-electron chi connectivity index (χ3n) is 3.06. The van der Waals surface area contributed by atoms with Crippen LogP contribution in [0.3, 0.4) is 0 Å². The first-order valence-electron chi connectivity index (χ1n) is 6.08. The van der Waals surface area contributed by atoms with Gasteiger partial charge in [-0.25, -0.2) is 4.98 Å². The molecule has 0 spiro atoms. The lowest BCUT2D eigenvalue weighted by atomic mass is 10.1. The highest BCUT2D eigenvalue weighted by Gasteiger charge is 2.09. The van der Waals surface area contributed by atoms with E-state index < -0.39 is 0 Å². The number of thiazole rings is 1. The Morgan fingerprint density at radius 2 is 2.10 bits per heavy atom. The number of aromatic nitrogens is 1. The molecule has 0 saturated carbocycles. The topological polar surface area (TPSA) is 62.2 Å². The Hall–Kier alpha value is -2.40. The molecule has 0 unspecified atom stereocenters. The summed E-state index contributed by atoms with van der Waals surface area (Å²) in [6.07, 6.45) is 0. The molecule has 0 aliphatic heterocycles. The quantitative estimate of drug-likeness (QED) is 0.756. The zero-order valence-corrected chi connectivity index (χ0v) is 11.6. The van der Waals surface area contributed by atoms with E-state index in [1.165, 1.54) is 17.4 Å². The van der Waals surface area contributed by atoms with Gasteiger partial charge in [0, 0.05) is 11.3 Å². The van der Waals surface area contributed by atoms with E-state index in [1.807, 2.05) is 18.2 Å². The lowest BCUT2D eigenvalue weighted by Gasteiger charge is -2.06. The van der Waals surface area contributed by atoms with E-state index >= 15 is 0 Å². The maximum atomic E-state index is 12.1. The van der Waals surface area contributed by atoms with Crippen molar-refractivity contribution < 1.29 is 9.90 Å². The van der Waals surface area contributed by atoms with Gasteiger partial charge in [-0.05, 0) is 42.8 Å². The fourth-order valence-electron chi connectivity index (χ4n) is 1.89. The van der Waals surface area contributed by atoms with E-state index in [0.29, 0.717) is 11.3 Å². The lowest BCUT2D eigenvalue weighted by Crippen LogP contribution is -2.11. The van der Waals surface area contributed by atoms with Gasteiger partial charge in [0.25, 0.3) is 5.91 Å². The molecule has 0 saturated heterocycles. The molecular weight excluding hydrogens is 272 g/mol. The van der Waals surface area contributed by atoms with Crippen LogP contribution in [0.25, 0.3) is 10.2 Å². The van der Waals surface area contributed by atoms with Crippen molar-refractivity contribution in [3.05, 3.63) is 53.0 Å². The highest BCUT2D eigenvalue weighted by Crippen LogP contribution is 2.23. The minimum Gasteiger partial charge on any atom is -0.508 e. The number of hydrogen-bond donors (Lipinski definition) is 2. The van der Waals surface area contributed by atoms with Gasteiger partial charge >= 0.3 is 0 Å². The number of fused-ring (bicyclic) bond motifs is 1. The Morgan fingerprint density at radius 1 is 1.25 bits per heavy atom. The van der Waals surface area contributed by atoms with Crippen molar-refractivity contribution in [2.75, 3.05) is 5.32 Å². The molecular formula is C15H12N2O2S. The van der Waals surface area contributed by atoms with Crippen LogP contribution in [0.1, 0.15) is 15.9 Å². The number of carbonyl (C=O) groups is 1. The summed E-state index contributed by atoms with van der Waals surface area (Å²) in [5, 5.41) is 12.5. The number of nitrogens with one attached hydrogen (secondary N) is 1. The van der Waals surface area contributed by atoms with Gasteiger partial charge in [-0.1, -0.05) is 6.07 Å². The number of nitrogens with zero attached hydrogens (tertiary/aromatic N) is 1. The molecule has 3 aromatic rings. The number of hydrogen-bond acceptors (Lipinski definition) is 4. The molecule has 0 aliphatic carbocycles. The zero-order chi connectivity index (χ0) is 14.1. The van der Waals surface area contributed by atoms with Crippen LogP contribution in [0, 0.1) is 6.92 Å². The maximum Gasteiger partial charge on any atom is 0.255 e. The largest absolute Gasteiger partial charge is 0.508 e. The number of phenolic OH excluding ortho intramolecular Hbond substituents is 1. The van der Waals surface area contributed by atoms with E-state index in [0.717, 1.165) is 15.8 Å². The molecule has 0 radical (unpaired) electrons. The predicted octanol–water partition coefficient (Wildman–Crippen LogP) is 3.56. The molecule has 0 bridgehead atoms. The van der Waals surface area contributed by atoms with Crippen molar-refractivity contribution in [3.8, 4) is 5.75 Å². The fourth-order valence-corrected chi connectivity index (χ4v) is 2.60. The predicted molar refractivity (Wildman–Crippen MR) is 80.4 cm³/mol. The van der Waals surface area contributed by atoms with Gasteiger partial charge in [0.05, 0.1) is 15.7 Å². The number of rotatable bonds is 2. The molecule has 2 N–H and O–H groups in total. The Balaban J connectivity index is 1.85. The van der Waals surface area contributed by atoms with E-state index in [4.69, 9.17) is 0 Å². The van der Waals surface area contributed by atoms with Crippen LogP contribution in [0.15, 0.2) is 41.9 Å². The molecule has 100 valence electrons. The van der Waals surface area contributed by atoms with E-state index in [9.17, 15) is 9.90 Å². The van der Waals surface area contributed by atoms with Gasteiger partial charge in [-0.15, -0.1) is 11.3 Å². The fraction of sp³-hybridized carbons (Fsp3) is 0.0667. The van der Waals surface area contributed by atoms with Crippen LogP contribution in [0.4, 0.5) is 5.69 Å². The molecule has 0 fully saturated rings. The maximum absolute atomic E-state index is 12.1. The molecule has 5 heteroatoms. The highest BCUT2D eigenvalue weighted by atomic mass is 32.1. The second kappa shape index (κ2) is 4.94. The number of aryl methyl sites for hydroxylation is 1. The van der Waals surface area contributed by atoms with Gasteiger partial charge in [0.15, 0.2) is 0 Å². The van der Waals surface area contributed by atoms with Crippen molar-refractivity contribution in [2.24, 2.45) is 0 Å². The third kappa shape index (κ3) is 2.35. The van der Waals surface area contributed by atoms with Crippen molar-refractivity contribution in [1.29, 1.82) is 0 Å². The zero-order valence-electron chi connectivity index (χ0n) is 10.8. The third-order valence-corrected chi connectivity index (χ3v) is 3.85. The van der Waals surface area contributed by atoms with Gasteiger partial charge in [-0.2, -0.15) is 0 Å². The second-order valence-corrected chi connectivity index (χ2v) is 5.38. The Bertz CT molecular complexity index is 795. The summed E-state index contributed by atoms with van der Waals surface area (Å²) >= 11 is 1.53. The van der Waals surface area contributed by atoms with Crippen molar-refractivity contribution in [3.63, 3.8) is 0 Å². The van der Waals surface area contributed by atoms with Crippen molar-refractivity contribution in [1.82, 2.24) is 4.98 Å². The summed E-state index contributed by atoms with van der Waals surface area (Å²) in [6, 6.07) is 10.4. The van der Waals surface area contributed by atoms with E-state index in [2.05, 4.69) is 10.3 Å².